The standard InChI is InChI=1S/C16H23N3O2/c17-11-13-4-3-5-14(10-13)18-15(20)19-8-9-21-16(12-19)6-1-2-7-16/h3-5,10H,1-2,6-9,11-12,17H2,(H,18,20). The van der Waals surface area contributed by atoms with Crippen molar-refractivity contribution < 1.29 is 9.53 Å². The lowest BCUT2D eigenvalue weighted by Gasteiger charge is -2.40. The topological polar surface area (TPSA) is 67.6 Å². The van der Waals surface area contributed by atoms with Crippen molar-refractivity contribution in [3.63, 3.8) is 0 Å². The van der Waals surface area contributed by atoms with Gasteiger partial charge in [0, 0.05) is 18.8 Å². The van der Waals surface area contributed by atoms with Gasteiger partial charge < -0.3 is 20.7 Å². The van der Waals surface area contributed by atoms with E-state index >= 15 is 0 Å². The number of amides is 2. The zero-order valence-corrected chi connectivity index (χ0v) is 12.3. The predicted molar refractivity (Wildman–Crippen MR) is 82.1 cm³/mol. The molecule has 5 heteroatoms. The molecule has 1 spiro atoms. The molecule has 1 aliphatic heterocycles. The molecule has 1 aromatic rings. The number of anilines is 1. The Hall–Kier alpha value is -1.59. The Balaban J connectivity index is 1.64. The Morgan fingerprint density at radius 1 is 1.38 bits per heavy atom. The van der Waals surface area contributed by atoms with Gasteiger partial charge in [0.15, 0.2) is 0 Å². The van der Waals surface area contributed by atoms with Crippen LogP contribution in [0.1, 0.15) is 31.2 Å². The lowest BCUT2D eigenvalue weighted by molar-refractivity contribution is -0.0914. The van der Waals surface area contributed by atoms with Crippen molar-refractivity contribution in [3.8, 4) is 0 Å². The van der Waals surface area contributed by atoms with Crippen molar-refractivity contribution in [2.75, 3.05) is 25.0 Å². The molecule has 5 nitrogen and oxygen atoms in total. The highest BCUT2D eigenvalue weighted by Crippen LogP contribution is 2.35. The summed E-state index contributed by atoms with van der Waals surface area (Å²) in [6.45, 7) is 2.47. The SMILES string of the molecule is NCc1cccc(NC(=O)N2CCOC3(CCCC3)C2)c1. The molecule has 1 aromatic carbocycles. The number of nitrogens with zero attached hydrogens (tertiary/aromatic N) is 1. The highest BCUT2D eigenvalue weighted by molar-refractivity contribution is 5.89. The van der Waals surface area contributed by atoms with Crippen LogP contribution in [0.25, 0.3) is 0 Å². The Morgan fingerprint density at radius 3 is 2.95 bits per heavy atom. The van der Waals surface area contributed by atoms with E-state index in [1.807, 2.05) is 29.2 Å². The number of nitrogens with one attached hydrogen (secondary N) is 1. The highest BCUT2D eigenvalue weighted by atomic mass is 16.5. The minimum Gasteiger partial charge on any atom is -0.371 e. The van der Waals surface area contributed by atoms with Gasteiger partial charge in [0.05, 0.1) is 18.8 Å². The molecule has 0 aromatic heterocycles. The number of carbonyl (C=O) groups excluding carboxylic acids is 1. The summed E-state index contributed by atoms with van der Waals surface area (Å²) in [6.07, 6.45) is 4.54. The van der Waals surface area contributed by atoms with Crippen molar-refractivity contribution >= 4 is 11.7 Å². The molecule has 3 N–H and O–H groups in total. The lowest BCUT2D eigenvalue weighted by atomic mass is 10.00. The quantitative estimate of drug-likeness (QED) is 0.878. The molecular formula is C16H23N3O2. The third kappa shape index (κ3) is 3.19. The number of ether oxygens (including phenoxy) is 1. The van der Waals surface area contributed by atoms with Crippen LogP contribution in [0.4, 0.5) is 10.5 Å². The molecule has 21 heavy (non-hydrogen) atoms. The zero-order valence-electron chi connectivity index (χ0n) is 12.3. The second kappa shape index (κ2) is 6.03. The number of morpholine rings is 1. The molecule has 1 saturated heterocycles. The van der Waals surface area contributed by atoms with Crippen LogP contribution in [-0.4, -0.2) is 36.2 Å². The number of hydrogen-bond acceptors (Lipinski definition) is 3. The van der Waals surface area contributed by atoms with Gasteiger partial charge >= 0.3 is 6.03 Å². The molecule has 2 fully saturated rings. The molecule has 0 atom stereocenters. The maximum atomic E-state index is 12.4. The Morgan fingerprint density at radius 2 is 2.19 bits per heavy atom. The average Bonchev–Trinajstić information content (AvgIpc) is 2.95. The third-order valence-corrected chi connectivity index (χ3v) is 4.46. The lowest BCUT2D eigenvalue weighted by Crippen LogP contribution is -2.53. The molecule has 0 bridgehead atoms. The number of rotatable bonds is 2. The maximum absolute atomic E-state index is 12.4. The molecule has 2 aliphatic rings. The zero-order chi connectivity index (χ0) is 14.7. The van der Waals surface area contributed by atoms with E-state index in [1.165, 1.54) is 12.8 Å². The summed E-state index contributed by atoms with van der Waals surface area (Å²) in [7, 11) is 0. The Labute approximate surface area is 125 Å². The number of hydrogen-bond donors (Lipinski definition) is 2. The van der Waals surface area contributed by atoms with Crippen LogP contribution in [0.5, 0.6) is 0 Å². The summed E-state index contributed by atoms with van der Waals surface area (Å²) in [5, 5.41) is 2.97. The number of nitrogens with two attached hydrogens (primary N) is 1. The molecule has 1 aliphatic carbocycles. The van der Waals surface area contributed by atoms with Gasteiger partial charge in [-0.25, -0.2) is 4.79 Å². The first-order valence-electron chi connectivity index (χ1n) is 7.70. The van der Waals surface area contributed by atoms with E-state index in [4.69, 9.17) is 10.5 Å². The average molecular weight is 289 g/mol. The molecule has 1 heterocycles. The van der Waals surface area contributed by atoms with Gasteiger partial charge in [-0.1, -0.05) is 25.0 Å². The van der Waals surface area contributed by atoms with E-state index in [2.05, 4.69) is 5.32 Å². The van der Waals surface area contributed by atoms with E-state index in [1.54, 1.807) is 0 Å². The monoisotopic (exact) mass is 289 g/mol. The molecular weight excluding hydrogens is 266 g/mol. The first-order chi connectivity index (χ1) is 10.2. The summed E-state index contributed by atoms with van der Waals surface area (Å²) < 4.78 is 5.96. The molecule has 1 saturated carbocycles. The second-order valence-electron chi connectivity index (χ2n) is 5.99. The smallest absolute Gasteiger partial charge is 0.322 e. The summed E-state index contributed by atoms with van der Waals surface area (Å²) in [5.74, 6) is 0. The van der Waals surface area contributed by atoms with Gasteiger partial charge in [0.25, 0.3) is 0 Å². The highest BCUT2D eigenvalue weighted by Gasteiger charge is 2.40. The van der Waals surface area contributed by atoms with E-state index in [9.17, 15) is 4.79 Å². The summed E-state index contributed by atoms with van der Waals surface area (Å²) >= 11 is 0. The fourth-order valence-corrected chi connectivity index (χ4v) is 3.32. The molecule has 3 rings (SSSR count). The van der Waals surface area contributed by atoms with Crippen molar-refractivity contribution in [2.24, 2.45) is 5.73 Å². The van der Waals surface area contributed by atoms with Crippen LogP contribution in [0.3, 0.4) is 0 Å². The van der Waals surface area contributed by atoms with Crippen LogP contribution in [0, 0.1) is 0 Å². The number of benzene rings is 1. The Kier molecular flexibility index (Phi) is 4.12. The minimum absolute atomic E-state index is 0.0428. The van der Waals surface area contributed by atoms with E-state index in [0.29, 0.717) is 26.2 Å². The first-order valence-corrected chi connectivity index (χ1v) is 7.70. The summed E-state index contributed by atoms with van der Waals surface area (Å²) in [4.78, 5) is 14.3. The normalized spacial score (nSPS) is 20.7. The van der Waals surface area contributed by atoms with Crippen molar-refractivity contribution in [3.05, 3.63) is 29.8 Å². The Bertz CT molecular complexity index is 512. The van der Waals surface area contributed by atoms with Gasteiger partial charge in [-0.2, -0.15) is 0 Å². The van der Waals surface area contributed by atoms with Crippen LogP contribution >= 0.6 is 0 Å². The summed E-state index contributed by atoms with van der Waals surface area (Å²) in [6, 6.07) is 7.64. The fourth-order valence-electron chi connectivity index (χ4n) is 3.32. The van der Waals surface area contributed by atoms with Gasteiger partial charge in [0.2, 0.25) is 0 Å². The van der Waals surface area contributed by atoms with E-state index in [0.717, 1.165) is 24.1 Å². The molecule has 0 radical (unpaired) electrons. The maximum Gasteiger partial charge on any atom is 0.322 e. The van der Waals surface area contributed by atoms with Crippen LogP contribution in [0.15, 0.2) is 24.3 Å². The molecule has 2 amide bonds. The fraction of sp³-hybridized carbons (Fsp3) is 0.562. The largest absolute Gasteiger partial charge is 0.371 e. The van der Waals surface area contributed by atoms with Gasteiger partial charge in [-0.05, 0) is 30.5 Å². The van der Waals surface area contributed by atoms with Gasteiger partial charge in [-0.3, -0.25) is 0 Å². The number of carbonyl (C=O) groups is 1. The first kappa shape index (κ1) is 14.4. The van der Waals surface area contributed by atoms with Crippen LogP contribution in [0.2, 0.25) is 0 Å². The van der Waals surface area contributed by atoms with Crippen LogP contribution in [-0.2, 0) is 11.3 Å². The van der Waals surface area contributed by atoms with E-state index in [-0.39, 0.29) is 11.6 Å². The molecule has 0 unspecified atom stereocenters. The summed E-state index contributed by atoms with van der Waals surface area (Å²) in [5.41, 5.74) is 7.36. The second-order valence-corrected chi connectivity index (χ2v) is 5.99. The van der Waals surface area contributed by atoms with E-state index < -0.39 is 0 Å². The van der Waals surface area contributed by atoms with Crippen molar-refractivity contribution in [1.29, 1.82) is 0 Å². The third-order valence-electron chi connectivity index (χ3n) is 4.46. The molecule has 114 valence electrons. The predicted octanol–water partition coefficient (Wildman–Crippen LogP) is 2.32. The van der Waals surface area contributed by atoms with Crippen LogP contribution < -0.4 is 11.1 Å². The van der Waals surface area contributed by atoms with Crippen molar-refractivity contribution in [1.82, 2.24) is 4.90 Å². The number of urea groups is 1. The van der Waals surface area contributed by atoms with Gasteiger partial charge in [-0.15, -0.1) is 0 Å². The minimum atomic E-state index is -0.0886. The van der Waals surface area contributed by atoms with Crippen molar-refractivity contribution in [2.45, 2.75) is 37.8 Å². The van der Waals surface area contributed by atoms with Gasteiger partial charge in [0.1, 0.15) is 0 Å².